The van der Waals surface area contributed by atoms with Crippen LogP contribution in [-0.4, -0.2) is 59.8 Å². The Labute approximate surface area is 212 Å². The van der Waals surface area contributed by atoms with Crippen molar-refractivity contribution in [1.82, 2.24) is 4.90 Å². The van der Waals surface area contributed by atoms with Gasteiger partial charge in [0.1, 0.15) is 12.2 Å². The van der Waals surface area contributed by atoms with E-state index >= 15 is 0 Å². The van der Waals surface area contributed by atoms with Gasteiger partial charge in [-0.05, 0) is 68.7 Å². The molecule has 3 fully saturated rings. The molecule has 0 amide bonds. The number of aliphatic hydroxyl groups excluding tert-OH is 1. The average molecular weight is 490 g/mol. The van der Waals surface area contributed by atoms with Crippen LogP contribution >= 0.6 is 0 Å². The quantitative estimate of drug-likeness (QED) is 0.662. The lowest BCUT2D eigenvalue weighted by molar-refractivity contribution is -0.139. The molecule has 0 aromatic heterocycles. The predicted octanol–water partition coefficient (Wildman–Crippen LogP) is 3.97. The van der Waals surface area contributed by atoms with E-state index in [1.807, 2.05) is 43.3 Å². The van der Waals surface area contributed by atoms with Crippen molar-refractivity contribution in [2.75, 3.05) is 19.7 Å². The molecule has 3 heterocycles. The molecule has 1 spiro atoms. The number of hydrogen-bond donors (Lipinski definition) is 1. The first kappa shape index (κ1) is 22.8. The van der Waals surface area contributed by atoms with Crippen molar-refractivity contribution >= 4 is 5.78 Å². The first-order valence-electron chi connectivity index (χ1n) is 13.7. The number of ether oxygens (including phenoxy) is 3. The molecule has 36 heavy (non-hydrogen) atoms. The number of piperidine rings is 1. The Hall–Kier alpha value is -2.41. The van der Waals surface area contributed by atoms with E-state index < -0.39 is 18.3 Å². The molecule has 2 bridgehead atoms. The molecule has 5 aliphatic rings. The third kappa shape index (κ3) is 3.30. The number of carbonyl (C=O) groups excluding carboxylic acids is 1. The molecule has 3 aliphatic heterocycles. The van der Waals surface area contributed by atoms with E-state index in [0.717, 1.165) is 63.1 Å². The van der Waals surface area contributed by atoms with Crippen LogP contribution in [0.15, 0.2) is 42.5 Å². The molecule has 6 heteroatoms. The van der Waals surface area contributed by atoms with Crippen molar-refractivity contribution in [3.63, 3.8) is 0 Å². The van der Waals surface area contributed by atoms with Crippen LogP contribution in [0, 0.1) is 5.92 Å². The van der Waals surface area contributed by atoms with E-state index in [4.69, 9.17) is 14.2 Å². The van der Waals surface area contributed by atoms with Crippen molar-refractivity contribution < 1.29 is 24.1 Å². The zero-order chi connectivity index (χ0) is 24.4. The van der Waals surface area contributed by atoms with Crippen LogP contribution in [0.4, 0.5) is 0 Å². The second-order valence-electron chi connectivity index (χ2n) is 11.4. The van der Waals surface area contributed by atoms with Gasteiger partial charge in [-0.2, -0.15) is 0 Å². The van der Waals surface area contributed by atoms with E-state index in [2.05, 4.69) is 11.0 Å². The number of nitrogens with zero attached hydrogens (tertiary/aromatic N) is 1. The summed E-state index contributed by atoms with van der Waals surface area (Å²) in [6.45, 7) is 4.74. The fourth-order valence-corrected chi connectivity index (χ4v) is 7.95. The van der Waals surface area contributed by atoms with Gasteiger partial charge in [0, 0.05) is 36.6 Å². The maximum atomic E-state index is 13.3. The molecule has 6 nitrogen and oxygen atoms in total. The average Bonchev–Trinajstić information content (AvgIpc) is 3.53. The maximum Gasteiger partial charge on any atom is 0.174 e. The molecule has 1 N–H and O–H groups in total. The SMILES string of the molecule is CC(Oc1ccc2c3c1OC1C(=O)CC[C@H]4[C@@H](C2)N(CC2CCCO2)CC[C@]314)C(O)c1ccccc1. The van der Waals surface area contributed by atoms with Gasteiger partial charge >= 0.3 is 0 Å². The predicted molar refractivity (Wildman–Crippen MR) is 134 cm³/mol. The number of likely N-dealkylation sites (tertiary alicyclic amines) is 1. The summed E-state index contributed by atoms with van der Waals surface area (Å²) in [5.74, 6) is 2.03. The molecule has 7 atom stereocenters. The minimum Gasteiger partial charge on any atom is -0.484 e. The summed E-state index contributed by atoms with van der Waals surface area (Å²) in [4.78, 5) is 15.9. The topological polar surface area (TPSA) is 68.2 Å². The van der Waals surface area contributed by atoms with Crippen molar-refractivity contribution in [1.29, 1.82) is 0 Å². The van der Waals surface area contributed by atoms with Crippen LogP contribution < -0.4 is 9.47 Å². The Morgan fingerprint density at radius 2 is 2.06 bits per heavy atom. The zero-order valence-electron chi connectivity index (χ0n) is 20.9. The molecule has 2 aromatic carbocycles. The van der Waals surface area contributed by atoms with Crippen molar-refractivity contribution in [2.24, 2.45) is 5.92 Å². The molecule has 1 saturated carbocycles. The highest BCUT2D eigenvalue weighted by Gasteiger charge is 2.66. The number of rotatable bonds is 6. The largest absolute Gasteiger partial charge is 0.484 e. The number of aliphatic hydroxyl groups is 1. The van der Waals surface area contributed by atoms with Gasteiger partial charge in [-0.3, -0.25) is 9.69 Å². The van der Waals surface area contributed by atoms with Crippen LogP contribution in [0.25, 0.3) is 0 Å². The Morgan fingerprint density at radius 1 is 1.19 bits per heavy atom. The van der Waals surface area contributed by atoms with Gasteiger partial charge in [-0.25, -0.2) is 0 Å². The molecule has 2 aliphatic carbocycles. The van der Waals surface area contributed by atoms with Gasteiger partial charge in [-0.1, -0.05) is 36.4 Å². The first-order valence-corrected chi connectivity index (χ1v) is 13.7. The number of benzene rings is 2. The zero-order valence-corrected chi connectivity index (χ0v) is 20.9. The lowest BCUT2D eigenvalue weighted by atomic mass is 9.51. The van der Waals surface area contributed by atoms with E-state index in [9.17, 15) is 9.90 Å². The summed E-state index contributed by atoms with van der Waals surface area (Å²) in [6.07, 6.45) is 4.45. The smallest absolute Gasteiger partial charge is 0.174 e. The molecule has 2 saturated heterocycles. The molecule has 0 radical (unpaired) electrons. The summed E-state index contributed by atoms with van der Waals surface area (Å²) in [5, 5.41) is 10.9. The molecule has 190 valence electrons. The van der Waals surface area contributed by atoms with E-state index in [1.54, 1.807) is 0 Å². The molecule has 2 aromatic rings. The van der Waals surface area contributed by atoms with Crippen LogP contribution in [-0.2, 0) is 21.4 Å². The van der Waals surface area contributed by atoms with Crippen LogP contribution in [0.3, 0.4) is 0 Å². The van der Waals surface area contributed by atoms with Gasteiger partial charge in [0.25, 0.3) is 0 Å². The van der Waals surface area contributed by atoms with Crippen LogP contribution in [0.5, 0.6) is 11.5 Å². The highest BCUT2D eigenvalue weighted by Crippen LogP contribution is 2.63. The van der Waals surface area contributed by atoms with E-state index in [-0.39, 0.29) is 11.2 Å². The normalized spacial score (nSPS) is 34.1. The number of hydrogen-bond acceptors (Lipinski definition) is 6. The van der Waals surface area contributed by atoms with E-state index in [1.165, 1.54) is 11.1 Å². The van der Waals surface area contributed by atoms with Crippen molar-refractivity contribution in [3.8, 4) is 11.5 Å². The lowest BCUT2D eigenvalue weighted by Gasteiger charge is -2.58. The Bertz CT molecular complexity index is 1160. The molecular formula is C30H35NO5. The number of Topliss-reactive ketones (excluding diaryl/α,β-unsaturated/α-hetero) is 1. The lowest BCUT2D eigenvalue weighted by Crippen LogP contribution is -2.66. The fraction of sp³-hybridized carbons (Fsp3) is 0.567. The van der Waals surface area contributed by atoms with E-state index in [0.29, 0.717) is 30.2 Å². The summed E-state index contributed by atoms with van der Waals surface area (Å²) in [5.41, 5.74) is 3.09. The fourth-order valence-electron chi connectivity index (χ4n) is 7.95. The minimum absolute atomic E-state index is 0.227. The van der Waals surface area contributed by atoms with Crippen molar-refractivity contribution in [3.05, 3.63) is 59.2 Å². The summed E-state index contributed by atoms with van der Waals surface area (Å²) >= 11 is 0. The van der Waals surface area contributed by atoms with Crippen molar-refractivity contribution in [2.45, 2.75) is 81.3 Å². The Kier molecular flexibility index (Phi) is 5.42. The summed E-state index contributed by atoms with van der Waals surface area (Å²) in [7, 11) is 0. The third-order valence-corrected chi connectivity index (χ3v) is 9.57. The van der Waals surface area contributed by atoms with Crippen LogP contribution in [0.1, 0.15) is 61.8 Å². The minimum atomic E-state index is -0.754. The molecular weight excluding hydrogens is 454 g/mol. The summed E-state index contributed by atoms with van der Waals surface area (Å²) in [6, 6.07) is 14.2. The van der Waals surface area contributed by atoms with Crippen LogP contribution in [0.2, 0.25) is 0 Å². The van der Waals surface area contributed by atoms with Gasteiger partial charge in [0.15, 0.2) is 23.4 Å². The summed E-state index contributed by atoms with van der Waals surface area (Å²) < 4.78 is 18.9. The Balaban J connectivity index is 1.23. The third-order valence-electron chi connectivity index (χ3n) is 9.57. The van der Waals surface area contributed by atoms with Gasteiger partial charge in [-0.15, -0.1) is 0 Å². The maximum absolute atomic E-state index is 13.3. The second kappa shape index (κ2) is 8.57. The highest BCUT2D eigenvalue weighted by atomic mass is 16.5. The first-order chi connectivity index (χ1) is 17.6. The molecule has 4 unspecified atom stereocenters. The van der Waals surface area contributed by atoms with Gasteiger partial charge in [0.05, 0.1) is 6.10 Å². The second-order valence-corrected chi connectivity index (χ2v) is 11.4. The van der Waals surface area contributed by atoms with Gasteiger partial charge < -0.3 is 19.3 Å². The van der Waals surface area contributed by atoms with Gasteiger partial charge in [0.2, 0.25) is 0 Å². The Morgan fingerprint density at radius 3 is 2.86 bits per heavy atom. The molecule has 7 rings (SSSR count). The standard InChI is InChI=1S/C30H35NO5/c1-18(27(33)19-6-3-2-4-7-19)35-25-12-9-20-16-23-22-10-11-24(32)29-30(22,26(20)28(25)36-29)13-14-31(23)17-21-8-5-15-34-21/h2-4,6-7,9,12,18,21-23,27,29,33H,5,8,10-11,13-17H2,1H3/t18?,21?,22-,23+,27?,29?,30-/m0/s1. The monoisotopic (exact) mass is 489 g/mol. The highest BCUT2D eigenvalue weighted by molar-refractivity contribution is 5.89. The number of carbonyl (C=O) groups is 1. The number of ketones is 1.